The summed E-state index contributed by atoms with van der Waals surface area (Å²) >= 11 is 0. The van der Waals surface area contributed by atoms with Gasteiger partial charge < -0.3 is 21.1 Å². The minimum absolute atomic E-state index is 0.235. The number of urea groups is 1. The summed E-state index contributed by atoms with van der Waals surface area (Å²) in [4.78, 5) is 23.6. The zero-order valence-corrected chi connectivity index (χ0v) is 10.8. The van der Waals surface area contributed by atoms with Gasteiger partial charge in [-0.2, -0.15) is 0 Å². The van der Waals surface area contributed by atoms with E-state index in [0.29, 0.717) is 6.54 Å². The molecule has 0 saturated heterocycles. The molecule has 0 aliphatic rings. The quantitative estimate of drug-likeness (QED) is 0.455. The van der Waals surface area contributed by atoms with Gasteiger partial charge in [-0.15, -0.1) is 0 Å². The number of carbonyl (C=O) groups excluding carboxylic acids is 2. The van der Waals surface area contributed by atoms with Crippen molar-refractivity contribution >= 4 is 11.9 Å². The molecule has 7 nitrogen and oxygen atoms in total. The summed E-state index contributed by atoms with van der Waals surface area (Å²) in [5.74, 6) is -0.516. The normalized spacial score (nSPS) is 16.4. The smallest absolute Gasteiger partial charge is 0.318 e. The van der Waals surface area contributed by atoms with E-state index in [1.807, 2.05) is 24.3 Å². The number of hydrogen-bond donors (Lipinski definition) is 4. The first-order valence-corrected chi connectivity index (χ1v) is 5.35. The van der Waals surface area contributed by atoms with Gasteiger partial charge >= 0.3 is 6.03 Å². The minimum Gasteiger partial charge on any atom is -0.388 e. The Hall–Kier alpha value is -1.18. The first-order chi connectivity index (χ1) is 7.64. The molecule has 2 unspecified atom stereocenters. The van der Waals surface area contributed by atoms with E-state index in [0.717, 1.165) is 0 Å². The predicted octanol–water partition coefficient (Wildman–Crippen LogP) is -1.53. The van der Waals surface area contributed by atoms with Gasteiger partial charge in [0.2, 0.25) is 5.91 Å². The molecule has 0 spiro atoms. The van der Waals surface area contributed by atoms with E-state index in [4.69, 9.17) is 5.73 Å². The van der Waals surface area contributed by atoms with Gasteiger partial charge in [0.25, 0.3) is 0 Å². The number of nitrogens with one attached hydrogen (secondary N) is 2. The molecule has 0 aromatic carbocycles. The lowest BCUT2D eigenvalue weighted by molar-refractivity contribution is -0.121. The summed E-state index contributed by atoms with van der Waals surface area (Å²) in [5.41, 5.74) is 3.87. The molecule has 2 atom stereocenters. The van der Waals surface area contributed by atoms with E-state index in [9.17, 15) is 14.7 Å². The minimum atomic E-state index is -0.954. The number of imide groups is 1. The summed E-state index contributed by atoms with van der Waals surface area (Å²) in [7, 11) is 3.69. The number of primary amides is 1. The third kappa shape index (κ3) is 7.67. The molecule has 3 amide bonds. The Labute approximate surface area is 101 Å². The van der Waals surface area contributed by atoms with Crippen LogP contribution in [0.4, 0.5) is 4.79 Å². The van der Waals surface area contributed by atoms with Gasteiger partial charge in [0.15, 0.2) is 0 Å². The van der Waals surface area contributed by atoms with Crippen LogP contribution in [0.2, 0.25) is 0 Å². The standard InChI is InChI=1S/C10H22N4O3/c1-7(8(15)13-9(11)16)12-5-10(2,17)6-14(3)4/h7,12,17H,5-6H2,1-4H3,(H3,11,13,15,16). The molecule has 0 radical (unpaired) electrons. The zero-order valence-electron chi connectivity index (χ0n) is 10.8. The molecular formula is C10H22N4O3. The molecular weight excluding hydrogens is 224 g/mol. The number of amides is 3. The average Bonchev–Trinajstić information content (AvgIpc) is 2.11. The lowest BCUT2D eigenvalue weighted by Crippen LogP contribution is -2.52. The van der Waals surface area contributed by atoms with Crippen LogP contribution in [-0.2, 0) is 4.79 Å². The first-order valence-electron chi connectivity index (χ1n) is 5.35. The van der Waals surface area contributed by atoms with E-state index in [1.165, 1.54) is 0 Å². The number of likely N-dealkylation sites (N-methyl/N-ethyl adjacent to an activating group) is 1. The second kappa shape index (κ2) is 6.53. The first kappa shape index (κ1) is 15.8. The highest BCUT2D eigenvalue weighted by atomic mass is 16.3. The van der Waals surface area contributed by atoms with E-state index in [1.54, 1.807) is 13.8 Å². The fourth-order valence-electron chi connectivity index (χ4n) is 1.43. The Balaban J connectivity index is 4.10. The monoisotopic (exact) mass is 246 g/mol. The highest BCUT2D eigenvalue weighted by molar-refractivity contribution is 5.96. The molecule has 0 aromatic heterocycles. The number of nitrogens with two attached hydrogens (primary N) is 1. The highest BCUT2D eigenvalue weighted by Crippen LogP contribution is 2.03. The van der Waals surface area contributed by atoms with Crippen LogP contribution in [0.25, 0.3) is 0 Å². The van der Waals surface area contributed by atoms with Crippen molar-refractivity contribution in [3.8, 4) is 0 Å². The number of aliphatic hydroxyl groups is 1. The van der Waals surface area contributed by atoms with Crippen molar-refractivity contribution in [3.63, 3.8) is 0 Å². The molecule has 5 N–H and O–H groups in total. The summed E-state index contributed by atoms with van der Waals surface area (Å²) in [6.45, 7) is 3.95. The summed E-state index contributed by atoms with van der Waals surface area (Å²) in [6.07, 6.45) is 0. The van der Waals surface area contributed by atoms with Crippen molar-refractivity contribution in [2.75, 3.05) is 27.2 Å². The maximum atomic E-state index is 11.3. The van der Waals surface area contributed by atoms with Crippen LogP contribution < -0.4 is 16.4 Å². The molecule has 0 rings (SSSR count). The summed E-state index contributed by atoms with van der Waals surface area (Å²) < 4.78 is 0. The highest BCUT2D eigenvalue weighted by Gasteiger charge is 2.23. The molecule has 0 saturated carbocycles. The van der Waals surface area contributed by atoms with Crippen LogP contribution in [-0.4, -0.2) is 60.8 Å². The van der Waals surface area contributed by atoms with Crippen LogP contribution in [0.15, 0.2) is 0 Å². The van der Waals surface area contributed by atoms with Crippen LogP contribution in [0.3, 0.4) is 0 Å². The Morgan fingerprint density at radius 2 is 2.00 bits per heavy atom. The van der Waals surface area contributed by atoms with Gasteiger partial charge in [-0.1, -0.05) is 0 Å². The fraction of sp³-hybridized carbons (Fsp3) is 0.800. The molecule has 0 aromatic rings. The van der Waals surface area contributed by atoms with Crippen molar-refractivity contribution in [1.82, 2.24) is 15.5 Å². The van der Waals surface area contributed by atoms with Crippen LogP contribution in [0, 0.1) is 0 Å². The Morgan fingerprint density at radius 3 is 2.41 bits per heavy atom. The second-order valence-corrected chi connectivity index (χ2v) is 4.69. The lowest BCUT2D eigenvalue weighted by Gasteiger charge is -2.28. The molecule has 0 fully saturated rings. The number of nitrogens with zero attached hydrogens (tertiary/aromatic N) is 1. The molecule has 0 bridgehead atoms. The Bertz CT molecular complexity index is 279. The molecule has 0 aliphatic heterocycles. The zero-order chi connectivity index (χ0) is 13.6. The summed E-state index contributed by atoms with van der Waals surface area (Å²) in [6, 6.07) is -1.49. The molecule has 17 heavy (non-hydrogen) atoms. The van der Waals surface area contributed by atoms with E-state index >= 15 is 0 Å². The third-order valence-corrected chi connectivity index (χ3v) is 2.09. The van der Waals surface area contributed by atoms with Gasteiger partial charge in [0, 0.05) is 13.1 Å². The second-order valence-electron chi connectivity index (χ2n) is 4.69. The van der Waals surface area contributed by atoms with E-state index < -0.39 is 23.6 Å². The van der Waals surface area contributed by atoms with Crippen molar-refractivity contribution in [2.24, 2.45) is 5.73 Å². The SMILES string of the molecule is CC(NCC(C)(O)CN(C)C)C(=O)NC(N)=O. The molecule has 0 heterocycles. The van der Waals surface area contributed by atoms with E-state index in [2.05, 4.69) is 5.32 Å². The van der Waals surface area contributed by atoms with Crippen LogP contribution in [0.5, 0.6) is 0 Å². The number of carbonyl (C=O) groups is 2. The average molecular weight is 246 g/mol. The molecule has 7 heteroatoms. The Morgan fingerprint density at radius 1 is 1.47 bits per heavy atom. The lowest BCUT2D eigenvalue weighted by atomic mass is 10.1. The van der Waals surface area contributed by atoms with Crippen LogP contribution in [0.1, 0.15) is 13.8 Å². The largest absolute Gasteiger partial charge is 0.388 e. The van der Waals surface area contributed by atoms with Gasteiger partial charge in [-0.05, 0) is 27.9 Å². The van der Waals surface area contributed by atoms with E-state index in [-0.39, 0.29) is 6.54 Å². The van der Waals surface area contributed by atoms with Crippen molar-refractivity contribution in [3.05, 3.63) is 0 Å². The molecule has 0 aliphatic carbocycles. The van der Waals surface area contributed by atoms with Gasteiger partial charge in [-0.25, -0.2) is 4.79 Å². The Kier molecular flexibility index (Phi) is 6.08. The third-order valence-electron chi connectivity index (χ3n) is 2.09. The van der Waals surface area contributed by atoms with Crippen molar-refractivity contribution in [1.29, 1.82) is 0 Å². The predicted molar refractivity (Wildman–Crippen MR) is 64.4 cm³/mol. The molecule has 100 valence electrons. The topological polar surface area (TPSA) is 108 Å². The van der Waals surface area contributed by atoms with Gasteiger partial charge in [-0.3, -0.25) is 10.1 Å². The van der Waals surface area contributed by atoms with Crippen molar-refractivity contribution in [2.45, 2.75) is 25.5 Å². The van der Waals surface area contributed by atoms with Gasteiger partial charge in [0.05, 0.1) is 11.6 Å². The fourth-order valence-corrected chi connectivity index (χ4v) is 1.43. The van der Waals surface area contributed by atoms with Gasteiger partial charge in [0.1, 0.15) is 0 Å². The summed E-state index contributed by atoms with van der Waals surface area (Å²) in [5, 5.41) is 14.8. The van der Waals surface area contributed by atoms with Crippen molar-refractivity contribution < 1.29 is 14.7 Å². The maximum Gasteiger partial charge on any atom is 0.318 e. The number of hydrogen-bond acceptors (Lipinski definition) is 5. The number of rotatable bonds is 6. The maximum absolute atomic E-state index is 11.3. The van der Waals surface area contributed by atoms with Crippen LogP contribution >= 0.6 is 0 Å².